The summed E-state index contributed by atoms with van der Waals surface area (Å²) in [7, 11) is -0.538. The molecule has 1 aliphatic rings. The van der Waals surface area contributed by atoms with E-state index in [-0.39, 0.29) is 49.9 Å². The van der Waals surface area contributed by atoms with Crippen LogP contribution in [0.3, 0.4) is 0 Å². The van der Waals surface area contributed by atoms with E-state index in [1.165, 1.54) is 35.6 Å². The number of amides is 1. The smallest absolute Gasteiger partial charge is 0.281 e. The Hall–Kier alpha value is -1.91. The van der Waals surface area contributed by atoms with Crippen LogP contribution in [0.15, 0.2) is 21.5 Å². The lowest BCUT2D eigenvalue weighted by atomic mass is 10.3. The third-order valence-corrected chi connectivity index (χ3v) is 5.60. The Labute approximate surface area is 140 Å². The lowest BCUT2D eigenvalue weighted by Crippen LogP contribution is -2.53. The second-order valence-electron chi connectivity index (χ2n) is 5.58. The minimum atomic E-state index is -3.47. The summed E-state index contributed by atoms with van der Waals surface area (Å²) in [6, 6.07) is 1.28. The summed E-state index contributed by atoms with van der Waals surface area (Å²) >= 11 is 0. The van der Waals surface area contributed by atoms with Gasteiger partial charge in [-0.25, -0.2) is 0 Å². The number of ether oxygens (including phenoxy) is 1. The number of aryl methyl sites for hydroxylation is 1. The van der Waals surface area contributed by atoms with Gasteiger partial charge < -0.3 is 14.1 Å². The van der Waals surface area contributed by atoms with Gasteiger partial charge in [0.25, 0.3) is 16.1 Å². The quantitative estimate of drug-likeness (QED) is 0.688. The molecule has 0 saturated carbocycles. The fourth-order valence-electron chi connectivity index (χ4n) is 2.23. The maximum Gasteiger partial charge on any atom is 0.281 e. The van der Waals surface area contributed by atoms with Crippen molar-refractivity contribution in [3.8, 4) is 5.75 Å². The highest BCUT2D eigenvalue weighted by Gasteiger charge is 2.30. The summed E-state index contributed by atoms with van der Waals surface area (Å²) in [5, 5.41) is 0. The van der Waals surface area contributed by atoms with Crippen LogP contribution in [0.4, 0.5) is 0 Å². The van der Waals surface area contributed by atoms with Gasteiger partial charge in [0.1, 0.15) is 12.0 Å². The van der Waals surface area contributed by atoms with Crippen LogP contribution in [0.25, 0.3) is 0 Å². The molecule has 0 N–H and O–H groups in total. The van der Waals surface area contributed by atoms with Crippen molar-refractivity contribution in [3.05, 3.63) is 28.3 Å². The SMILES string of the molecule is Cc1cc(=O)c(OCC(=O)N2CCN(S(=O)(=O)N(C)C)CC2)co1. The Kier molecular flexibility index (Phi) is 5.62. The molecular weight excluding hydrogens is 338 g/mol. The van der Waals surface area contributed by atoms with Crippen LogP contribution in [0.5, 0.6) is 5.75 Å². The number of hydrogen-bond donors (Lipinski definition) is 0. The van der Waals surface area contributed by atoms with E-state index in [9.17, 15) is 18.0 Å². The van der Waals surface area contributed by atoms with E-state index in [4.69, 9.17) is 9.15 Å². The number of carbonyl (C=O) groups excluding carboxylic acids is 1. The molecule has 0 radical (unpaired) electrons. The topological polar surface area (TPSA) is 100 Å². The fraction of sp³-hybridized carbons (Fsp3) is 0.571. The highest BCUT2D eigenvalue weighted by molar-refractivity contribution is 7.86. The number of rotatable bonds is 5. The Bertz CT molecular complexity index is 750. The molecule has 2 heterocycles. The van der Waals surface area contributed by atoms with Crippen LogP contribution in [-0.4, -0.2) is 74.7 Å². The summed E-state index contributed by atoms with van der Waals surface area (Å²) in [4.78, 5) is 25.3. The first kappa shape index (κ1) is 18.4. The maximum absolute atomic E-state index is 12.1. The summed E-state index contributed by atoms with van der Waals surface area (Å²) in [6.45, 7) is 2.33. The van der Waals surface area contributed by atoms with Crippen LogP contribution in [-0.2, 0) is 15.0 Å². The van der Waals surface area contributed by atoms with Gasteiger partial charge in [-0.1, -0.05) is 0 Å². The van der Waals surface area contributed by atoms with Crippen LogP contribution >= 0.6 is 0 Å². The third kappa shape index (κ3) is 4.13. The lowest BCUT2D eigenvalue weighted by molar-refractivity contribution is -0.134. The number of carbonyl (C=O) groups is 1. The van der Waals surface area contributed by atoms with Gasteiger partial charge >= 0.3 is 0 Å². The van der Waals surface area contributed by atoms with Crippen LogP contribution in [0, 0.1) is 6.92 Å². The lowest BCUT2D eigenvalue weighted by Gasteiger charge is -2.35. The first-order chi connectivity index (χ1) is 11.2. The molecule has 0 bridgehead atoms. The van der Waals surface area contributed by atoms with E-state index in [1.807, 2.05) is 0 Å². The molecule has 9 nitrogen and oxygen atoms in total. The fourth-order valence-corrected chi connectivity index (χ4v) is 3.32. The van der Waals surface area contributed by atoms with E-state index in [0.717, 1.165) is 4.31 Å². The summed E-state index contributed by atoms with van der Waals surface area (Å²) in [6.07, 6.45) is 1.17. The van der Waals surface area contributed by atoms with E-state index < -0.39 is 10.2 Å². The van der Waals surface area contributed by atoms with Crippen molar-refractivity contribution in [1.82, 2.24) is 13.5 Å². The standard InChI is InChI=1S/C14H21N3O6S/c1-11-8-12(18)13(9-22-11)23-10-14(19)16-4-6-17(7-5-16)24(20,21)15(2)3/h8-9H,4-7,10H2,1-3H3. The Balaban J connectivity index is 1.88. The van der Waals surface area contributed by atoms with Crippen LogP contribution in [0.1, 0.15) is 5.76 Å². The number of piperazine rings is 1. The van der Waals surface area contributed by atoms with Crippen molar-refractivity contribution < 1.29 is 22.4 Å². The number of hydrogen-bond acceptors (Lipinski definition) is 6. The predicted octanol–water partition coefficient (Wildman–Crippen LogP) is -0.722. The summed E-state index contributed by atoms with van der Waals surface area (Å²) in [5.74, 6) is 0.122. The molecule has 1 aromatic heterocycles. The molecule has 134 valence electrons. The second-order valence-corrected chi connectivity index (χ2v) is 7.72. The van der Waals surface area contributed by atoms with Gasteiger partial charge in [-0.05, 0) is 6.92 Å². The zero-order valence-electron chi connectivity index (χ0n) is 13.9. The Morgan fingerprint density at radius 2 is 1.92 bits per heavy atom. The van der Waals surface area contributed by atoms with Gasteiger partial charge in [0, 0.05) is 46.3 Å². The van der Waals surface area contributed by atoms with E-state index in [0.29, 0.717) is 5.76 Å². The molecule has 2 rings (SSSR count). The second kappa shape index (κ2) is 7.32. The molecule has 0 unspecified atom stereocenters. The van der Waals surface area contributed by atoms with Crippen molar-refractivity contribution in [2.24, 2.45) is 0 Å². The van der Waals surface area contributed by atoms with Crippen LogP contribution in [0.2, 0.25) is 0 Å². The molecule has 1 fully saturated rings. The van der Waals surface area contributed by atoms with Crippen molar-refractivity contribution in [2.75, 3.05) is 46.9 Å². The Morgan fingerprint density at radius 3 is 2.46 bits per heavy atom. The summed E-state index contributed by atoms with van der Waals surface area (Å²) in [5.41, 5.74) is -0.353. The maximum atomic E-state index is 12.1. The van der Waals surface area contributed by atoms with E-state index >= 15 is 0 Å². The first-order valence-electron chi connectivity index (χ1n) is 7.39. The molecule has 1 amide bonds. The normalized spacial score (nSPS) is 16.4. The zero-order valence-corrected chi connectivity index (χ0v) is 14.7. The van der Waals surface area contributed by atoms with Crippen LogP contribution < -0.4 is 10.2 Å². The molecular formula is C14H21N3O6S. The predicted molar refractivity (Wildman–Crippen MR) is 86.0 cm³/mol. The van der Waals surface area contributed by atoms with Crippen molar-refractivity contribution in [2.45, 2.75) is 6.92 Å². The number of nitrogens with zero attached hydrogens (tertiary/aromatic N) is 3. The Morgan fingerprint density at radius 1 is 1.29 bits per heavy atom. The minimum Gasteiger partial charge on any atom is -0.477 e. The van der Waals surface area contributed by atoms with Gasteiger partial charge in [-0.3, -0.25) is 9.59 Å². The highest BCUT2D eigenvalue weighted by atomic mass is 32.2. The van der Waals surface area contributed by atoms with Crippen molar-refractivity contribution >= 4 is 16.1 Å². The minimum absolute atomic E-state index is 0.0252. The van der Waals surface area contributed by atoms with E-state index in [2.05, 4.69) is 0 Å². The average Bonchev–Trinajstić information content (AvgIpc) is 2.53. The zero-order chi connectivity index (χ0) is 17.9. The third-order valence-electron chi connectivity index (χ3n) is 3.66. The molecule has 0 aromatic carbocycles. The molecule has 1 saturated heterocycles. The monoisotopic (exact) mass is 359 g/mol. The van der Waals surface area contributed by atoms with Gasteiger partial charge in [-0.15, -0.1) is 0 Å². The average molecular weight is 359 g/mol. The van der Waals surface area contributed by atoms with Crippen molar-refractivity contribution in [3.63, 3.8) is 0 Å². The largest absolute Gasteiger partial charge is 0.477 e. The van der Waals surface area contributed by atoms with Gasteiger partial charge in [0.2, 0.25) is 11.2 Å². The van der Waals surface area contributed by atoms with E-state index in [1.54, 1.807) is 6.92 Å². The summed E-state index contributed by atoms with van der Waals surface area (Å²) < 4.78 is 36.8. The molecule has 10 heteroatoms. The molecule has 1 aromatic rings. The molecule has 24 heavy (non-hydrogen) atoms. The van der Waals surface area contributed by atoms with Crippen molar-refractivity contribution in [1.29, 1.82) is 0 Å². The van der Waals surface area contributed by atoms with Gasteiger partial charge in [0.15, 0.2) is 6.61 Å². The molecule has 0 atom stereocenters. The molecule has 0 aliphatic carbocycles. The first-order valence-corrected chi connectivity index (χ1v) is 8.79. The molecule has 0 spiro atoms. The highest BCUT2D eigenvalue weighted by Crippen LogP contribution is 2.10. The van der Waals surface area contributed by atoms with Gasteiger partial charge in [0.05, 0.1) is 0 Å². The van der Waals surface area contributed by atoms with Gasteiger partial charge in [-0.2, -0.15) is 17.0 Å². The molecule has 1 aliphatic heterocycles.